The van der Waals surface area contributed by atoms with Crippen LogP contribution in [0.25, 0.3) is 0 Å². The number of sulfonamides is 1. The zero-order chi connectivity index (χ0) is 12.8. The average Bonchev–Trinajstić information content (AvgIpc) is 2.14. The summed E-state index contributed by atoms with van der Waals surface area (Å²) in [6.07, 6.45) is 0.328. The second-order valence-electron chi connectivity index (χ2n) is 3.99. The number of aliphatic hydroxyl groups is 1. The standard InChI is InChI=1S/C9H19NO5S/c1-3-9(2,13)7-10-16(14,15)6-4-5-8(11)12/h10,13H,3-7H2,1-2H3,(H,11,12). The minimum Gasteiger partial charge on any atom is -0.481 e. The summed E-state index contributed by atoms with van der Waals surface area (Å²) < 4.78 is 25.0. The Bertz CT molecular complexity index is 323. The molecule has 6 nitrogen and oxygen atoms in total. The van der Waals surface area contributed by atoms with Gasteiger partial charge in [0, 0.05) is 13.0 Å². The lowest BCUT2D eigenvalue weighted by molar-refractivity contribution is -0.137. The molecule has 0 spiro atoms. The molecule has 0 heterocycles. The zero-order valence-corrected chi connectivity index (χ0v) is 10.4. The highest BCUT2D eigenvalue weighted by Gasteiger charge is 2.20. The largest absolute Gasteiger partial charge is 0.481 e. The third-order valence-corrected chi connectivity index (χ3v) is 3.65. The molecule has 0 amide bonds. The van der Waals surface area contributed by atoms with Crippen LogP contribution in [0, 0.1) is 0 Å². The molecule has 3 N–H and O–H groups in total. The highest BCUT2D eigenvalue weighted by molar-refractivity contribution is 7.89. The van der Waals surface area contributed by atoms with Gasteiger partial charge >= 0.3 is 5.97 Å². The molecule has 0 fully saturated rings. The molecule has 0 rings (SSSR count). The molecule has 0 aliphatic heterocycles. The maximum absolute atomic E-state index is 11.4. The van der Waals surface area contributed by atoms with E-state index in [4.69, 9.17) is 5.11 Å². The van der Waals surface area contributed by atoms with Crippen LogP contribution in [0.5, 0.6) is 0 Å². The van der Waals surface area contributed by atoms with Gasteiger partial charge in [0.15, 0.2) is 0 Å². The number of nitrogens with one attached hydrogen (secondary N) is 1. The highest BCUT2D eigenvalue weighted by Crippen LogP contribution is 2.07. The molecular formula is C9H19NO5S. The molecule has 0 radical (unpaired) electrons. The molecule has 96 valence electrons. The number of rotatable bonds is 8. The van der Waals surface area contributed by atoms with E-state index in [1.807, 2.05) is 0 Å². The van der Waals surface area contributed by atoms with Gasteiger partial charge in [0.1, 0.15) is 0 Å². The molecule has 0 saturated heterocycles. The summed E-state index contributed by atoms with van der Waals surface area (Å²) in [4.78, 5) is 10.2. The average molecular weight is 253 g/mol. The number of hydrogen-bond acceptors (Lipinski definition) is 4. The summed E-state index contributed by atoms with van der Waals surface area (Å²) in [5, 5.41) is 17.9. The van der Waals surface area contributed by atoms with Crippen molar-refractivity contribution in [3.05, 3.63) is 0 Å². The monoisotopic (exact) mass is 253 g/mol. The van der Waals surface area contributed by atoms with Crippen molar-refractivity contribution in [3.8, 4) is 0 Å². The Balaban J connectivity index is 4.02. The third kappa shape index (κ3) is 7.61. The molecule has 0 bridgehead atoms. The summed E-state index contributed by atoms with van der Waals surface area (Å²) in [5.41, 5.74) is -1.07. The zero-order valence-electron chi connectivity index (χ0n) is 9.56. The first-order chi connectivity index (χ1) is 7.18. The quantitative estimate of drug-likeness (QED) is 0.562. The summed E-state index contributed by atoms with van der Waals surface area (Å²) in [5.74, 6) is -1.25. The van der Waals surface area contributed by atoms with Crippen LogP contribution < -0.4 is 4.72 Å². The molecule has 16 heavy (non-hydrogen) atoms. The number of carboxylic acids is 1. The molecule has 1 atom stereocenters. The highest BCUT2D eigenvalue weighted by atomic mass is 32.2. The SMILES string of the molecule is CCC(C)(O)CNS(=O)(=O)CCCC(=O)O. The summed E-state index contributed by atoms with van der Waals surface area (Å²) >= 11 is 0. The molecule has 7 heteroatoms. The maximum Gasteiger partial charge on any atom is 0.303 e. The van der Waals surface area contributed by atoms with Crippen molar-refractivity contribution in [2.45, 2.75) is 38.7 Å². The van der Waals surface area contributed by atoms with E-state index in [-0.39, 0.29) is 25.1 Å². The Kier molecular flexibility index (Phi) is 5.91. The van der Waals surface area contributed by atoms with E-state index in [0.717, 1.165) is 0 Å². The summed E-state index contributed by atoms with van der Waals surface area (Å²) in [6, 6.07) is 0. The molecule has 1 unspecified atom stereocenters. The number of hydrogen-bond donors (Lipinski definition) is 3. The fourth-order valence-electron chi connectivity index (χ4n) is 0.876. The fourth-order valence-corrected chi connectivity index (χ4v) is 2.08. The van der Waals surface area contributed by atoms with Gasteiger partial charge in [-0.3, -0.25) is 4.79 Å². The Morgan fingerprint density at radius 3 is 2.44 bits per heavy atom. The Morgan fingerprint density at radius 1 is 1.44 bits per heavy atom. The van der Waals surface area contributed by atoms with Crippen LogP contribution in [-0.2, 0) is 14.8 Å². The predicted molar refractivity (Wildman–Crippen MR) is 59.6 cm³/mol. The lowest BCUT2D eigenvalue weighted by Gasteiger charge is -2.21. The third-order valence-electron chi connectivity index (χ3n) is 2.24. The second kappa shape index (κ2) is 6.17. The minimum absolute atomic E-state index is 0.0566. The summed E-state index contributed by atoms with van der Waals surface area (Å²) in [6.45, 7) is 3.23. The number of carbonyl (C=O) groups is 1. The number of carboxylic acid groups (broad SMARTS) is 1. The van der Waals surface area contributed by atoms with E-state index < -0.39 is 21.6 Å². The van der Waals surface area contributed by atoms with E-state index in [9.17, 15) is 18.3 Å². The first-order valence-corrected chi connectivity index (χ1v) is 6.75. The minimum atomic E-state index is -3.49. The van der Waals surface area contributed by atoms with Crippen molar-refractivity contribution >= 4 is 16.0 Å². The topological polar surface area (TPSA) is 104 Å². The van der Waals surface area contributed by atoms with Gasteiger partial charge in [-0.15, -0.1) is 0 Å². The van der Waals surface area contributed by atoms with Crippen LogP contribution in [0.4, 0.5) is 0 Å². The molecule has 0 aromatic carbocycles. The Morgan fingerprint density at radius 2 is 2.00 bits per heavy atom. The van der Waals surface area contributed by atoms with E-state index in [1.54, 1.807) is 6.92 Å². The first kappa shape index (κ1) is 15.3. The molecule has 0 aliphatic carbocycles. The lowest BCUT2D eigenvalue weighted by Crippen LogP contribution is -2.40. The van der Waals surface area contributed by atoms with Gasteiger partial charge < -0.3 is 10.2 Å². The van der Waals surface area contributed by atoms with Crippen molar-refractivity contribution < 1.29 is 23.4 Å². The Hall–Kier alpha value is -0.660. The molecular weight excluding hydrogens is 234 g/mol. The van der Waals surface area contributed by atoms with Crippen LogP contribution in [0.1, 0.15) is 33.1 Å². The van der Waals surface area contributed by atoms with Crippen molar-refractivity contribution in [3.63, 3.8) is 0 Å². The normalized spacial score (nSPS) is 15.7. The van der Waals surface area contributed by atoms with E-state index in [0.29, 0.717) is 6.42 Å². The van der Waals surface area contributed by atoms with Gasteiger partial charge in [0.05, 0.1) is 11.4 Å². The van der Waals surface area contributed by atoms with Crippen LogP contribution in [-0.4, -0.2) is 42.5 Å². The van der Waals surface area contributed by atoms with Gasteiger partial charge in [0.2, 0.25) is 10.0 Å². The second-order valence-corrected chi connectivity index (χ2v) is 5.91. The van der Waals surface area contributed by atoms with E-state index in [1.165, 1.54) is 6.92 Å². The van der Waals surface area contributed by atoms with Crippen LogP contribution in [0.15, 0.2) is 0 Å². The van der Waals surface area contributed by atoms with E-state index >= 15 is 0 Å². The van der Waals surface area contributed by atoms with Gasteiger partial charge in [-0.05, 0) is 19.8 Å². The smallest absolute Gasteiger partial charge is 0.303 e. The van der Waals surface area contributed by atoms with Crippen LogP contribution >= 0.6 is 0 Å². The molecule has 0 aromatic heterocycles. The molecule has 0 saturated carbocycles. The van der Waals surface area contributed by atoms with E-state index in [2.05, 4.69) is 4.72 Å². The lowest BCUT2D eigenvalue weighted by atomic mass is 10.1. The van der Waals surface area contributed by atoms with Gasteiger partial charge in [0.25, 0.3) is 0 Å². The van der Waals surface area contributed by atoms with Gasteiger partial charge in [-0.25, -0.2) is 13.1 Å². The molecule has 0 aliphatic rings. The first-order valence-electron chi connectivity index (χ1n) is 5.10. The maximum atomic E-state index is 11.4. The van der Waals surface area contributed by atoms with Crippen LogP contribution in [0.2, 0.25) is 0 Å². The van der Waals surface area contributed by atoms with Gasteiger partial charge in [-0.2, -0.15) is 0 Å². The van der Waals surface area contributed by atoms with Gasteiger partial charge in [-0.1, -0.05) is 6.92 Å². The van der Waals surface area contributed by atoms with Crippen molar-refractivity contribution in [1.82, 2.24) is 4.72 Å². The summed E-state index contributed by atoms with van der Waals surface area (Å²) in [7, 11) is -3.49. The predicted octanol–water partition coefficient (Wildman–Crippen LogP) is -0.0684. The molecule has 0 aromatic rings. The van der Waals surface area contributed by atoms with Crippen molar-refractivity contribution in [1.29, 1.82) is 0 Å². The van der Waals surface area contributed by atoms with Crippen molar-refractivity contribution in [2.75, 3.05) is 12.3 Å². The Labute approximate surface area is 95.7 Å². The fraction of sp³-hybridized carbons (Fsp3) is 0.889. The number of aliphatic carboxylic acids is 1. The van der Waals surface area contributed by atoms with Crippen molar-refractivity contribution in [2.24, 2.45) is 0 Å². The van der Waals surface area contributed by atoms with Crippen LogP contribution in [0.3, 0.4) is 0 Å².